The fourth-order valence-electron chi connectivity index (χ4n) is 1.39. The molecule has 1 aromatic carbocycles. The molecule has 3 amide bonds. The fraction of sp³-hybridized carbons (Fsp3) is 0.357. The summed E-state index contributed by atoms with van der Waals surface area (Å²) in [5, 5.41) is 16.6. The molecule has 0 saturated carbocycles. The molecule has 0 aliphatic carbocycles. The lowest BCUT2D eigenvalue weighted by Gasteiger charge is -2.19. The lowest BCUT2D eigenvalue weighted by atomic mass is 9.94. The smallest absolute Gasteiger partial charge is 0.319 e. The second kappa shape index (κ2) is 6.74. The number of carbonyl (C=O) groups is 3. The number of amides is 3. The van der Waals surface area contributed by atoms with Gasteiger partial charge in [-0.25, -0.2) is 4.79 Å². The second-order valence-electron chi connectivity index (χ2n) is 5.26. The number of aliphatic carboxylic acids is 1. The maximum absolute atomic E-state index is 11.7. The van der Waals surface area contributed by atoms with Crippen molar-refractivity contribution in [1.29, 1.82) is 0 Å². The van der Waals surface area contributed by atoms with Gasteiger partial charge in [-0.2, -0.15) is 0 Å². The monoisotopic (exact) mass is 293 g/mol. The fourth-order valence-corrected chi connectivity index (χ4v) is 1.39. The number of urea groups is 1. The van der Waals surface area contributed by atoms with E-state index in [-0.39, 0.29) is 12.5 Å². The molecule has 4 N–H and O–H groups in total. The predicted molar refractivity (Wildman–Crippen MR) is 79.2 cm³/mol. The van der Waals surface area contributed by atoms with E-state index in [9.17, 15) is 14.4 Å². The van der Waals surface area contributed by atoms with Gasteiger partial charge in [0.2, 0.25) is 5.91 Å². The third-order valence-corrected chi connectivity index (χ3v) is 2.73. The Balaban J connectivity index is 2.52. The van der Waals surface area contributed by atoms with Gasteiger partial charge in [-0.15, -0.1) is 0 Å². The molecule has 0 aromatic heterocycles. The highest BCUT2D eigenvalue weighted by atomic mass is 16.4. The van der Waals surface area contributed by atoms with Gasteiger partial charge in [-0.05, 0) is 38.1 Å². The van der Waals surface area contributed by atoms with Crippen LogP contribution in [0.25, 0.3) is 0 Å². The molecule has 0 aliphatic rings. The molecular formula is C14H19N3O4. The van der Waals surface area contributed by atoms with Gasteiger partial charge < -0.3 is 21.1 Å². The molecule has 7 heteroatoms. The van der Waals surface area contributed by atoms with E-state index in [1.807, 2.05) is 0 Å². The van der Waals surface area contributed by atoms with Crippen LogP contribution in [-0.4, -0.2) is 29.6 Å². The molecule has 0 atom stereocenters. The Morgan fingerprint density at radius 1 is 1.05 bits per heavy atom. The molecule has 0 bridgehead atoms. The maximum Gasteiger partial charge on any atom is 0.319 e. The van der Waals surface area contributed by atoms with Gasteiger partial charge in [0.05, 0.1) is 5.41 Å². The zero-order valence-electron chi connectivity index (χ0n) is 12.2. The molecule has 0 spiro atoms. The number of carboxylic acid groups (broad SMARTS) is 1. The van der Waals surface area contributed by atoms with Crippen LogP contribution in [0.5, 0.6) is 0 Å². The highest BCUT2D eigenvalue weighted by molar-refractivity contribution is 5.91. The molecular weight excluding hydrogens is 274 g/mol. The number of nitrogens with one attached hydrogen (secondary N) is 3. The average Bonchev–Trinajstić information content (AvgIpc) is 2.38. The number of hydrogen-bond donors (Lipinski definition) is 4. The Hall–Kier alpha value is -2.57. The SMILES string of the molecule is CC(=O)Nc1ccc(NC(=O)NCC(C)(C)C(=O)O)cc1. The Labute approximate surface area is 122 Å². The largest absolute Gasteiger partial charge is 0.481 e. The lowest BCUT2D eigenvalue weighted by molar-refractivity contribution is -0.146. The number of anilines is 2. The number of carboxylic acids is 1. The van der Waals surface area contributed by atoms with Crippen molar-refractivity contribution in [1.82, 2.24) is 5.32 Å². The van der Waals surface area contributed by atoms with Gasteiger partial charge >= 0.3 is 12.0 Å². The molecule has 0 radical (unpaired) electrons. The van der Waals surface area contributed by atoms with Gasteiger partial charge in [0.25, 0.3) is 0 Å². The minimum atomic E-state index is -1.04. The molecule has 1 rings (SSSR count). The molecule has 0 heterocycles. The number of hydrogen-bond acceptors (Lipinski definition) is 3. The van der Waals surface area contributed by atoms with Crippen LogP contribution < -0.4 is 16.0 Å². The Bertz CT molecular complexity index is 538. The summed E-state index contributed by atoms with van der Waals surface area (Å²) in [4.78, 5) is 33.4. The summed E-state index contributed by atoms with van der Waals surface area (Å²) in [5.74, 6) is -1.16. The van der Waals surface area contributed by atoms with E-state index in [4.69, 9.17) is 5.11 Å². The first-order valence-corrected chi connectivity index (χ1v) is 6.36. The molecule has 114 valence electrons. The van der Waals surface area contributed by atoms with Crippen LogP contribution in [-0.2, 0) is 9.59 Å². The summed E-state index contributed by atoms with van der Waals surface area (Å²) in [6.07, 6.45) is 0. The summed E-state index contributed by atoms with van der Waals surface area (Å²) in [6, 6.07) is 6.08. The van der Waals surface area contributed by atoms with Crippen molar-refractivity contribution in [2.75, 3.05) is 17.2 Å². The number of rotatable bonds is 5. The third-order valence-electron chi connectivity index (χ3n) is 2.73. The molecule has 0 aliphatic heterocycles. The predicted octanol–water partition coefficient (Wildman–Crippen LogP) is 1.88. The van der Waals surface area contributed by atoms with Crippen molar-refractivity contribution in [2.24, 2.45) is 5.41 Å². The number of benzene rings is 1. The molecule has 0 fully saturated rings. The summed E-state index contributed by atoms with van der Waals surface area (Å²) in [6.45, 7) is 4.47. The van der Waals surface area contributed by atoms with E-state index in [2.05, 4.69) is 16.0 Å². The van der Waals surface area contributed by atoms with Crippen molar-refractivity contribution >= 4 is 29.3 Å². The third kappa shape index (κ3) is 5.52. The van der Waals surface area contributed by atoms with Crippen LogP contribution in [0, 0.1) is 5.41 Å². The van der Waals surface area contributed by atoms with Crippen molar-refractivity contribution < 1.29 is 19.5 Å². The average molecular weight is 293 g/mol. The van der Waals surface area contributed by atoms with Crippen molar-refractivity contribution in [2.45, 2.75) is 20.8 Å². The minimum Gasteiger partial charge on any atom is -0.481 e. The molecule has 1 aromatic rings. The van der Waals surface area contributed by atoms with Crippen LogP contribution in [0.15, 0.2) is 24.3 Å². The normalized spacial score (nSPS) is 10.6. The van der Waals surface area contributed by atoms with E-state index >= 15 is 0 Å². The molecule has 7 nitrogen and oxygen atoms in total. The van der Waals surface area contributed by atoms with Crippen molar-refractivity contribution in [3.8, 4) is 0 Å². The first-order valence-electron chi connectivity index (χ1n) is 6.36. The Morgan fingerprint density at radius 2 is 1.52 bits per heavy atom. The number of carbonyl (C=O) groups excluding carboxylic acids is 2. The van der Waals surface area contributed by atoms with Crippen molar-refractivity contribution in [3.05, 3.63) is 24.3 Å². The zero-order chi connectivity index (χ0) is 16.0. The zero-order valence-corrected chi connectivity index (χ0v) is 12.2. The Morgan fingerprint density at radius 3 is 1.95 bits per heavy atom. The van der Waals surface area contributed by atoms with E-state index in [0.29, 0.717) is 11.4 Å². The summed E-state index contributed by atoms with van der Waals surface area (Å²) < 4.78 is 0. The van der Waals surface area contributed by atoms with E-state index < -0.39 is 17.4 Å². The van der Waals surface area contributed by atoms with E-state index in [0.717, 1.165) is 0 Å². The van der Waals surface area contributed by atoms with Gasteiger partial charge in [-0.3, -0.25) is 9.59 Å². The van der Waals surface area contributed by atoms with Crippen LogP contribution in [0.3, 0.4) is 0 Å². The van der Waals surface area contributed by atoms with E-state index in [1.165, 1.54) is 20.8 Å². The summed E-state index contributed by atoms with van der Waals surface area (Å²) in [7, 11) is 0. The van der Waals surface area contributed by atoms with Gasteiger partial charge in [0, 0.05) is 24.8 Å². The first-order chi connectivity index (χ1) is 9.70. The topological polar surface area (TPSA) is 108 Å². The Kier molecular flexibility index (Phi) is 5.29. The quantitative estimate of drug-likeness (QED) is 0.664. The van der Waals surface area contributed by atoms with Crippen LogP contribution in [0.2, 0.25) is 0 Å². The lowest BCUT2D eigenvalue weighted by Crippen LogP contribution is -2.40. The first kappa shape index (κ1) is 16.5. The van der Waals surface area contributed by atoms with Crippen LogP contribution >= 0.6 is 0 Å². The van der Waals surface area contributed by atoms with Crippen LogP contribution in [0.4, 0.5) is 16.2 Å². The summed E-state index contributed by atoms with van der Waals surface area (Å²) in [5.41, 5.74) is 0.127. The summed E-state index contributed by atoms with van der Waals surface area (Å²) >= 11 is 0. The highest BCUT2D eigenvalue weighted by Gasteiger charge is 2.27. The van der Waals surface area contributed by atoms with Gasteiger partial charge in [0.15, 0.2) is 0 Å². The highest BCUT2D eigenvalue weighted by Crippen LogP contribution is 2.15. The molecule has 0 unspecified atom stereocenters. The van der Waals surface area contributed by atoms with Gasteiger partial charge in [-0.1, -0.05) is 0 Å². The van der Waals surface area contributed by atoms with Crippen LogP contribution in [0.1, 0.15) is 20.8 Å². The molecule has 0 saturated heterocycles. The standard InChI is InChI=1S/C14H19N3O4/c1-9(18)16-10-4-6-11(7-5-10)17-13(21)15-8-14(2,3)12(19)20/h4-7H,8H2,1-3H3,(H,16,18)(H,19,20)(H2,15,17,21). The molecule has 21 heavy (non-hydrogen) atoms. The van der Waals surface area contributed by atoms with Gasteiger partial charge in [0.1, 0.15) is 0 Å². The van der Waals surface area contributed by atoms with E-state index in [1.54, 1.807) is 24.3 Å². The maximum atomic E-state index is 11.7. The van der Waals surface area contributed by atoms with Crippen molar-refractivity contribution in [3.63, 3.8) is 0 Å². The second-order valence-corrected chi connectivity index (χ2v) is 5.26. The minimum absolute atomic E-state index is 0.0120.